The number of hydrogen-bond acceptors (Lipinski definition) is 3. The molecule has 2 aromatic carbocycles. The molecule has 1 saturated heterocycles. The van der Waals surface area contributed by atoms with E-state index in [0.29, 0.717) is 25.0 Å². The van der Waals surface area contributed by atoms with E-state index in [1.807, 2.05) is 41.4 Å². The lowest BCUT2D eigenvalue weighted by Crippen LogP contribution is -2.47. The number of aromatic nitrogens is 2. The molecule has 0 spiro atoms. The lowest BCUT2D eigenvalue weighted by molar-refractivity contribution is -0.138. The van der Waals surface area contributed by atoms with E-state index in [2.05, 4.69) is 22.0 Å². The van der Waals surface area contributed by atoms with Gasteiger partial charge in [-0.2, -0.15) is 0 Å². The van der Waals surface area contributed by atoms with E-state index in [9.17, 15) is 9.59 Å². The van der Waals surface area contributed by atoms with Crippen molar-refractivity contribution in [2.24, 2.45) is 13.0 Å². The van der Waals surface area contributed by atoms with Crippen molar-refractivity contribution in [2.45, 2.75) is 44.3 Å². The fraction of sp³-hybridized carbons (Fsp3) is 0.355. The van der Waals surface area contributed by atoms with Crippen LogP contribution in [0.2, 0.25) is 0 Å². The molecule has 6 nitrogen and oxygen atoms in total. The number of piperidine rings is 1. The van der Waals surface area contributed by atoms with Crippen LogP contribution in [0.3, 0.4) is 0 Å². The molecule has 1 aliphatic heterocycles. The van der Waals surface area contributed by atoms with Crippen molar-refractivity contribution in [3.8, 4) is 0 Å². The van der Waals surface area contributed by atoms with E-state index in [0.717, 1.165) is 48.0 Å². The number of aryl methyl sites for hydroxylation is 1. The Morgan fingerprint density at radius 2 is 1.89 bits per heavy atom. The van der Waals surface area contributed by atoms with Crippen molar-refractivity contribution in [1.82, 2.24) is 19.4 Å². The average Bonchev–Trinajstić information content (AvgIpc) is 3.72. The highest BCUT2D eigenvalue weighted by Crippen LogP contribution is 2.37. The molecule has 2 fully saturated rings. The summed E-state index contributed by atoms with van der Waals surface area (Å²) in [6.07, 6.45) is 6.53. The summed E-state index contributed by atoms with van der Waals surface area (Å²) in [7, 11) is 1.74. The molecule has 2 aromatic heterocycles. The van der Waals surface area contributed by atoms with E-state index >= 15 is 4.39 Å². The summed E-state index contributed by atoms with van der Waals surface area (Å²) in [5.74, 6) is -0.454. The van der Waals surface area contributed by atoms with Gasteiger partial charge in [0.15, 0.2) is 0 Å². The first-order valence-electron chi connectivity index (χ1n) is 13.5. The third kappa shape index (κ3) is 4.78. The average molecular weight is 513 g/mol. The molecule has 1 saturated carbocycles. The third-order valence-electron chi connectivity index (χ3n) is 8.10. The van der Waals surface area contributed by atoms with Gasteiger partial charge in [0.05, 0.1) is 11.4 Å². The van der Waals surface area contributed by atoms with E-state index in [1.165, 1.54) is 6.07 Å². The summed E-state index contributed by atoms with van der Waals surface area (Å²) < 4.78 is 18.9. The number of halogens is 1. The lowest BCUT2D eigenvalue weighted by Gasteiger charge is -2.35. The number of benzene rings is 2. The predicted molar refractivity (Wildman–Crippen MR) is 146 cm³/mol. The minimum Gasteiger partial charge on any atom is -0.343 e. The van der Waals surface area contributed by atoms with E-state index in [4.69, 9.17) is 0 Å². The highest BCUT2D eigenvalue weighted by atomic mass is 19.1. The first-order chi connectivity index (χ1) is 18.5. The van der Waals surface area contributed by atoms with Gasteiger partial charge in [-0.05, 0) is 66.6 Å². The molecule has 7 heteroatoms. The van der Waals surface area contributed by atoms with Crippen LogP contribution in [0.5, 0.6) is 0 Å². The monoisotopic (exact) mass is 512 g/mol. The number of carbonyl (C=O) groups excluding carboxylic acids is 1. The van der Waals surface area contributed by atoms with Crippen molar-refractivity contribution >= 4 is 16.8 Å². The topological polar surface area (TPSA) is 59.3 Å². The summed E-state index contributed by atoms with van der Waals surface area (Å²) in [5, 5.41) is 3.98. The van der Waals surface area contributed by atoms with Crippen LogP contribution in [0.15, 0.2) is 77.9 Å². The van der Waals surface area contributed by atoms with Crippen molar-refractivity contribution in [2.75, 3.05) is 13.1 Å². The molecule has 0 bridgehead atoms. The maximum absolute atomic E-state index is 15.2. The van der Waals surface area contributed by atoms with Crippen LogP contribution >= 0.6 is 0 Å². The van der Waals surface area contributed by atoms with Gasteiger partial charge in [-0.3, -0.25) is 9.59 Å². The van der Waals surface area contributed by atoms with Gasteiger partial charge < -0.3 is 19.4 Å². The largest absolute Gasteiger partial charge is 0.343 e. The number of hydrogen-bond donors (Lipinski definition) is 1. The van der Waals surface area contributed by atoms with Crippen molar-refractivity contribution in [3.05, 3.63) is 106 Å². The standard InChI is InChI=1S/C31H33FN4O2/c1-34-15-13-22(16-29(34)37)25-12-14-33-17-26(25)31(38)36(24-10-11-24)20-23-19-35(18-21-6-3-2-4-7-21)28-9-5-8-27(32)30(23)28/h2-9,13,15-16,19,24-26,33H,10-12,14,17-18,20H2,1H3/t25?,26-/m0/s1. The summed E-state index contributed by atoms with van der Waals surface area (Å²) in [6, 6.07) is 19.1. The Kier molecular flexibility index (Phi) is 6.62. The van der Waals surface area contributed by atoms with Gasteiger partial charge in [-0.1, -0.05) is 36.4 Å². The number of fused-ring (bicyclic) bond motifs is 1. The fourth-order valence-corrected chi connectivity index (χ4v) is 5.90. The fourth-order valence-electron chi connectivity index (χ4n) is 5.90. The first-order valence-corrected chi connectivity index (χ1v) is 13.5. The summed E-state index contributed by atoms with van der Waals surface area (Å²) in [6.45, 7) is 2.40. The SMILES string of the molecule is Cn1ccc(C2CCNC[C@@H]2C(=O)N(Cc2cn(Cc3ccccc3)c3cccc(F)c23)C2CC2)cc1=O. The normalized spacial score (nSPS) is 19.5. The van der Waals surface area contributed by atoms with Crippen LogP contribution in [0, 0.1) is 11.7 Å². The second kappa shape index (κ2) is 10.2. The Morgan fingerprint density at radius 1 is 1.08 bits per heavy atom. The maximum Gasteiger partial charge on any atom is 0.250 e. The Balaban J connectivity index is 1.33. The Bertz CT molecular complexity index is 1520. The third-order valence-corrected chi connectivity index (χ3v) is 8.10. The second-order valence-electron chi connectivity index (χ2n) is 10.7. The van der Waals surface area contributed by atoms with E-state index < -0.39 is 0 Å². The van der Waals surface area contributed by atoms with Crippen molar-refractivity contribution in [1.29, 1.82) is 0 Å². The zero-order valence-electron chi connectivity index (χ0n) is 21.6. The van der Waals surface area contributed by atoms with Crippen LogP contribution in [0.4, 0.5) is 4.39 Å². The molecule has 1 amide bonds. The molecule has 2 atom stereocenters. The van der Waals surface area contributed by atoms with Gasteiger partial charge in [0.1, 0.15) is 5.82 Å². The van der Waals surface area contributed by atoms with Gasteiger partial charge in [0.25, 0.3) is 5.56 Å². The molecular weight excluding hydrogens is 479 g/mol. The number of amides is 1. The summed E-state index contributed by atoms with van der Waals surface area (Å²) in [5.41, 5.74) is 3.68. The molecule has 3 heterocycles. The minimum atomic E-state index is -0.265. The van der Waals surface area contributed by atoms with Crippen LogP contribution in [0.25, 0.3) is 10.9 Å². The van der Waals surface area contributed by atoms with Gasteiger partial charge in [0.2, 0.25) is 5.91 Å². The molecule has 4 aromatic rings. The minimum absolute atomic E-state index is 0.0185. The molecule has 196 valence electrons. The zero-order valence-corrected chi connectivity index (χ0v) is 21.6. The highest BCUT2D eigenvalue weighted by molar-refractivity contribution is 5.86. The molecule has 1 unspecified atom stereocenters. The first kappa shape index (κ1) is 24.6. The zero-order chi connectivity index (χ0) is 26.2. The van der Waals surface area contributed by atoms with Gasteiger partial charge >= 0.3 is 0 Å². The molecule has 0 radical (unpaired) electrons. The van der Waals surface area contributed by atoms with Crippen LogP contribution in [-0.4, -0.2) is 39.1 Å². The molecule has 2 aliphatic rings. The Labute approximate surface area is 221 Å². The summed E-state index contributed by atoms with van der Waals surface area (Å²) >= 11 is 0. The number of pyridine rings is 1. The van der Waals surface area contributed by atoms with E-state index in [-0.39, 0.29) is 35.2 Å². The molecule has 6 rings (SSSR count). The number of carbonyl (C=O) groups is 1. The van der Waals surface area contributed by atoms with Crippen LogP contribution in [-0.2, 0) is 24.9 Å². The number of nitrogens with one attached hydrogen (secondary N) is 1. The molecular formula is C31H33FN4O2. The van der Waals surface area contributed by atoms with Gasteiger partial charge in [0, 0.05) is 56.6 Å². The second-order valence-corrected chi connectivity index (χ2v) is 10.7. The molecule has 38 heavy (non-hydrogen) atoms. The van der Waals surface area contributed by atoms with Crippen molar-refractivity contribution < 1.29 is 9.18 Å². The van der Waals surface area contributed by atoms with Crippen LogP contribution < -0.4 is 10.9 Å². The quantitative estimate of drug-likeness (QED) is 0.399. The Hall–Kier alpha value is -3.71. The van der Waals surface area contributed by atoms with E-state index in [1.54, 1.807) is 29.9 Å². The highest BCUT2D eigenvalue weighted by Gasteiger charge is 2.40. The predicted octanol–water partition coefficient (Wildman–Crippen LogP) is 4.41. The lowest BCUT2D eigenvalue weighted by atomic mass is 9.80. The number of rotatable bonds is 7. The smallest absolute Gasteiger partial charge is 0.250 e. The molecule has 1 N–H and O–H groups in total. The Morgan fingerprint density at radius 3 is 2.66 bits per heavy atom. The van der Waals surface area contributed by atoms with Gasteiger partial charge in [-0.15, -0.1) is 0 Å². The van der Waals surface area contributed by atoms with Crippen LogP contribution in [0.1, 0.15) is 41.9 Å². The number of nitrogens with zero attached hydrogens (tertiary/aromatic N) is 3. The van der Waals surface area contributed by atoms with Gasteiger partial charge in [-0.25, -0.2) is 4.39 Å². The summed E-state index contributed by atoms with van der Waals surface area (Å²) in [4.78, 5) is 28.5. The maximum atomic E-state index is 15.2. The molecule has 1 aliphatic carbocycles. The van der Waals surface area contributed by atoms with Crippen molar-refractivity contribution in [3.63, 3.8) is 0 Å².